The third kappa shape index (κ3) is 1.88. The van der Waals surface area contributed by atoms with Gasteiger partial charge in [-0.3, -0.25) is 4.72 Å². The zero-order valence-electron chi connectivity index (χ0n) is 8.44. The molecule has 1 saturated heterocycles. The Morgan fingerprint density at radius 3 is 2.77 bits per heavy atom. The normalized spacial score (nSPS) is 32.5. The van der Waals surface area contributed by atoms with Crippen LogP contribution in [-0.2, 0) is 0 Å². The molecule has 0 aromatic rings. The molecule has 2 N–H and O–H groups in total. The Kier molecular flexibility index (Phi) is 3.17. The third-order valence-electron chi connectivity index (χ3n) is 3.77. The molecule has 0 amide bonds. The molecule has 1 aliphatic heterocycles. The van der Waals surface area contributed by atoms with Gasteiger partial charge < -0.3 is 5.32 Å². The summed E-state index contributed by atoms with van der Waals surface area (Å²) in [6.45, 7) is 2.46. The SMILES string of the molecule is CSN[C@@H]1CCCC12CCNCC2. The highest BCUT2D eigenvalue weighted by molar-refractivity contribution is 7.96. The van der Waals surface area contributed by atoms with Crippen molar-refractivity contribution in [2.75, 3.05) is 19.3 Å². The van der Waals surface area contributed by atoms with E-state index < -0.39 is 0 Å². The van der Waals surface area contributed by atoms with E-state index in [0.29, 0.717) is 5.41 Å². The number of nitrogens with one attached hydrogen (secondary N) is 2. The van der Waals surface area contributed by atoms with E-state index in [2.05, 4.69) is 16.3 Å². The lowest BCUT2D eigenvalue weighted by molar-refractivity contribution is 0.176. The van der Waals surface area contributed by atoms with E-state index in [4.69, 9.17) is 0 Å². The summed E-state index contributed by atoms with van der Waals surface area (Å²) in [7, 11) is 0. The van der Waals surface area contributed by atoms with Crippen molar-refractivity contribution in [3.05, 3.63) is 0 Å². The summed E-state index contributed by atoms with van der Waals surface area (Å²) in [5.41, 5.74) is 0.647. The van der Waals surface area contributed by atoms with Crippen LogP contribution in [-0.4, -0.2) is 25.4 Å². The average Bonchev–Trinajstić information content (AvgIpc) is 2.52. The van der Waals surface area contributed by atoms with E-state index in [1.54, 1.807) is 11.9 Å². The molecule has 2 nitrogen and oxygen atoms in total. The fourth-order valence-corrected chi connectivity index (χ4v) is 3.64. The molecule has 1 heterocycles. The first-order valence-electron chi connectivity index (χ1n) is 5.37. The molecule has 2 fully saturated rings. The van der Waals surface area contributed by atoms with Gasteiger partial charge in [0.25, 0.3) is 0 Å². The highest BCUT2D eigenvalue weighted by Gasteiger charge is 2.42. The standard InChI is InChI=1S/C10H20N2S/c1-13-12-9-3-2-4-10(9)5-7-11-8-6-10/h9,11-12H,2-8H2,1H3/t9-/m1/s1. The molecule has 0 bridgehead atoms. The molecule has 13 heavy (non-hydrogen) atoms. The van der Waals surface area contributed by atoms with Crippen molar-refractivity contribution in [1.82, 2.24) is 10.0 Å². The van der Waals surface area contributed by atoms with Crippen LogP contribution in [0.3, 0.4) is 0 Å². The lowest BCUT2D eigenvalue weighted by atomic mass is 9.75. The monoisotopic (exact) mass is 200 g/mol. The van der Waals surface area contributed by atoms with Crippen molar-refractivity contribution >= 4 is 11.9 Å². The van der Waals surface area contributed by atoms with Gasteiger partial charge in [-0.15, -0.1) is 0 Å². The molecule has 1 aliphatic carbocycles. The van der Waals surface area contributed by atoms with Crippen LogP contribution in [0, 0.1) is 5.41 Å². The van der Waals surface area contributed by atoms with Crippen molar-refractivity contribution in [2.45, 2.75) is 38.1 Å². The van der Waals surface area contributed by atoms with E-state index in [1.165, 1.54) is 45.2 Å². The Morgan fingerprint density at radius 2 is 2.08 bits per heavy atom. The van der Waals surface area contributed by atoms with E-state index in [9.17, 15) is 0 Å². The Balaban J connectivity index is 2.00. The maximum atomic E-state index is 3.59. The number of hydrogen-bond donors (Lipinski definition) is 2. The van der Waals surface area contributed by atoms with E-state index in [0.717, 1.165) is 6.04 Å². The second-order valence-corrected chi connectivity index (χ2v) is 5.02. The molecule has 3 heteroatoms. The van der Waals surface area contributed by atoms with Crippen LogP contribution in [0.15, 0.2) is 0 Å². The summed E-state index contributed by atoms with van der Waals surface area (Å²) in [5, 5.41) is 3.46. The quantitative estimate of drug-likeness (QED) is 0.664. The van der Waals surface area contributed by atoms with Gasteiger partial charge in [0.2, 0.25) is 0 Å². The fraction of sp³-hybridized carbons (Fsp3) is 1.00. The zero-order chi connectivity index (χ0) is 9.15. The smallest absolute Gasteiger partial charge is 0.0229 e. The van der Waals surface area contributed by atoms with E-state index in [-0.39, 0.29) is 0 Å². The van der Waals surface area contributed by atoms with E-state index >= 15 is 0 Å². The van der Waals surface area contributed by atoms with Crippen LogP contribution in [0.5, 0.6) is 0 Å². The van der Waals surface area contributed by atoms with Gasteiger partial charge in [-0.25, -0.2) is 0 Å². The molecule has 1 spiro atoms. The Labute approximate surface area is 85.4 Å². The predicted molar refractivity (Wildman–Crippen MR) is 58.8 cm³/mol. The molecule has 0 aromatic carbocycles. The maximum Gasteiger partial charge on any atom is 0.0229 e. The summed E-state index contributed by atoms with van der Waals surface area (Å²) in [6.07, 6.45) is 9.18. The van der Waals surface area contributed by atoms with Crippen molar-refractivity contribution in [1.29, 1.82) is 0 Å². The summed E-state index contributed by atoms with van der Waals surface area (Å²) in [4.78, 5) is 0. The van der Waals surface area contributed by atoms with Crippen molar-refractivity contribution in [3.63, 3.8) is 0 Å². The Bertz CT molecular complexity index is 166. The van der Waals surface area contributed by atoms with Crippen LogP contribution in [0.4, 0.5) is 0 Å². The fourth-order valence-electron chi connectivity index (χ4n) is 2.99. The Hall–Kier alpha value is 0.270. The lowest BCUT2D eigenvalue weighted by Crippen LogP contribution is -2.45. The molecule has 1 atom stereocenters. The van der Waals surface area contributed by atoms with Crippen molar-refractivity contribution < 1.29 is 0 Å². The van der Waals surface area contributed by atoms with Crippen molar-refractivity contribution in [2.24, 2.45) is 5.41 Å². The van der Waals surface area contributed by atoms with Gasteiger partial charge in [0, 0.05) is 6.04 Å². The highest BCUT2D eigenvalue weighted by atomic mass is 32.2. The van der Waals surface area contributed by atoms with Crippen LogP contribution >= 0.6 is 11.9 Å². The molecule has 1 saturated carbocycles. The predicted octanol–water partition coefficient (Wildman–Crippen LogP) is 1.78. The minimum atomic E-state index is 0.647. The first-order chi connectivity index (χ1) is 6.37. The first-order valence-corrected chi connectivity index (χ1v) is 6.59. The third-order valence-corrected chi connectivity index (χ3v) is 4.29. The summed E-state index contributed by atoms with van der Waals surface area (Å²) < 4.78 is 3.59. The lowest BCUT2D eigenvalue weighted by Gasteiger charge is -2.39. The van der Waals surface area contributed by atoms with Gasteiger partial charge in [0.15, 0.2) is 0 Å². The molecule has 76 valence electrons. The highest BCUT2D eigenvalue weighted by Crippen LogP contribution is 2.45. The molecular weight excluding hydrogens is 180 g/mol. The first kappa shape index (κ1) is 9.81. The topological polar surface area (TPSA) is 24.1 Å². The Morgan fingerprint density at radius 1 is 1.31 bits per heavy atom. The van der Waals surface area contributed by atoms with Gasteiger partial charge in [-0.05, 0) is 50.4 Å². The van der Waals surface area contributed by atoms with Gasteiger partial charge >= 0.3 is 0 Å². The van der Waals surface area contributed by atoms with Gasteiger partial charge in [-0.2, -0.15) is 0 Å². The van der Waals surface area contributed by atoms with Gasteiger partial charge in [0.1, 0.15) is 0 Å². The largest absolute Gasteiger partial charge is 0.317 e. The van der Waals surface area contributed by atoms with Crippen LogP contribution < -0.4 is 10.0 Å². The minimum Gasteiger partial charge on any atom is -0.317 e. The van der Waals surface area contributed by atoms with Crippen LogP contribution in [0.25, 0.3) is 0 Å². The van der Waals surface area contributed by atoms with Gasteiger partial charge in [0.05, 0.1) is 0 Å². The van der Waals surface area contributed by atoms with Crippen molar-refractivity contribution in [3.8, 4) is 0 Å². The number of piperidine rings is 1. The molecule has 0 unspecified atom stereocenters. The maximum absolute atomic E-state index is 3.59. The summed E-state index contributed by atoms with van der Waals surface area (Å²) >= 11 is 1.80. The average molecular weight is 200 g/mol. The second-order valence-electron chi connectivity index (χ2n) is 4.38. The summed E-state index contributed by atoms with van der Waals surface area (Å²) in [6, 6.07) is 0.782. The number of rotatable bonds is 2. The molecule has 2 rings (SSSR count). The van der Waals surface area contributed by atoms with Crippen LogP contribution in [0.1, 0.15) is 32.1 Å². The van der Waals surface area contributed by atoms with E-state index in [1.807, 2.05) is 0 Å². The van der Waals surface area contributed by atoms with Gasteiger partial charge in [-0.1, -0.05) is 18.4 Å². The summed E-state index contributed by atoms with van der Waals surface area (Å²) in [5.74, 6) is 0. The minimum absolute atomic E-state index is 0.647. The second kappa shape index (κ2) is 4.20. The molecule has 0 aromatic heterocycles. The molecule has 0 radical (unpaired) electrons. The molecule has 2 aliphatic rings. The molecular formula is C10H20N2S. The number of hydrogen-bond acceptors (Lipinski definition) is 3. The van der Waals surface area contributed by atoms with Crippen LogP contribution in [0.2, 0.25) is 0 Å². The zero-order valence-corrected chi connectivity index (χ0v) is 9.25.